The van der Waals surface area contributed by atoms with E-state index in [-0.39, 0.29) is 12.5 Å². The van der Waals surface area contributed by atoms with Crippen LogP contribution in [-0.2, 0) is 4.79 Å². The van der Waals surface area contributed by atoms with Crippen LogP contribution in [0.25, 0.3) is 0 Å². The van der Waals surface area contributed by atoms with E-state index >= 15 is 0 Å². The number of hydrogen-bond acceptors (Lipinski definition) is 3. The summed E-state index contributed by atoms with van der Waals surface area (Å²) in [4.78, 5) is 13.4. The fraction of sp³-hybridized carbons (Fsp3) is 0.385. The molecule has 0 radical (unpaired) electrons. The van der Waals surface area contributed by atoms with Crippen LogP contribution in [0.3, 0.4) is 0 Å². The minimum atomic E-state index is -0.370. The molecule has 0 heterocycles. The van der Waals surface area contributed by atoms with Gasteiger partial charge in [-0.15, -0.1) is 0 Å². The molecule has 0 bridgehead atoms. The summed E-state index contributed by atoms with van der Waals surface area (Å²) >= 11 is 8.53. The summed E-state index contributed by atoms with van der Waals surface area (Å²) in [6.45, 7) is 3.00. The van der Waals surface area contributed by atoms with Crippen molar-refractivity contribution in [1.82, 2.24) is 0 Å². The number of carbonyl (C=O) groups excluding carboxylic acids is 1. The van der Waals surface area contributed by atoms with Crippen LogP contribution in [0.1, 0.15) is 25.3 Å². The lowest BCUT2D eigenvalue weighted by molar-refractivity contribution is -0.116. The molecule has 0 saturated carbocycles. The van der Waals surface area contributed by atoms with Crippen LogP contribution < -0.4 is 16.4 Å². The summed E-state index contributed by atoms with van der Waals surface area (Å²) in [5.41, 5.74) is 12.7. The number of primary amides is 1. The Morgan fingerprint density at radius 3 is 2.63 bits per heavy atom. The number of hydrogen-bond donors (Lipinski definition) is 2. The second-order valence-electron chi connectivity index (χ2n) is 4.24. The number of nitrogens with two attached hydrogens (primary N) is 2. The van der Waals surface area contributed by atoms with E-state index in [0.29, 0.717) is 4.99 Å². The number of nitrogens with zero attached hydrogens (tertiary/aromatic N) is 1. The average Bonchev–Trinajstić information content (AvgIpc) is 2.33. The van der Waals surface area contributed by atoms with Crippen LogP contribution in [0.4, 0.5) is 5.69 Å². The third kappa shape index (κ3) is 4.47. The van der Waals surface area contributed by atoms with E-state index in [2.05, 4.69) is 22.9 Å². The van der Waals surface area contributed by atoms with Crippen molar-refractivity contribution in [2.75, 3.05) is 18.0 Å². The second-order valence-corrected chi connectivity index (χ2v) is 5.53. The Bertz CT molecular complexity index is 479. The van der Waals surface area contributed by atoms with Crippen LogP contribution in [0.2, 0.25) is 0 Å². The van der Waals surface area contributed by atoms with Gasteiger partial charge in [-0.1, -0.05) is 31.6 Å². The molecule has 6 heteroatoms. The van der Waals surface area contributed by atoms with Gasteiger partial charge in [0.2, 0.25) is 5.91 Å². The molecule has 1 rings (SSSR count). The van der Waals surface area contributed by atoms with Gasteiger partial charge in [-0.2, -0.15) is 0 Å². The van der Waals surface area contributed by atoms with Crippen molar-refractivity contribution in [3.63, 3.8) is 0 Å². The Morgan fingerprint density at radius 2 is 2.11 bits per heavy atom. The van der Waals surface area contributed by atoms with Gasteiger partial charge in [0.25, 0.3) is 0 Å². The molecule has 4 N–H and O–H groups in total. The third-order valence-electron chi connectivity index (χ3n) is 2.71. The predicted octanol–water partition coefficient (Wildman–Crippen LogP) is 2.18. The number of amides is 1. The molecule has 0 spiro atoms. The van der Waals surface area contributed by atoms with Crippen molar-refractivity contribution in [3.05, 3.63) is 28.2 Å². The molecule has 0 aliphatic carbocycles. The second kappa shape index (κ2) is 7.45. The molecule has 0 atom stereocenters. The van der Waals surface area contributed by atoms with Gasteiger partial charge in [-0.3, -0.25) is 4.79 Å². The first-order valence-corrected chi connectivity index (χ1v) is 7.29. The molecule has 0 saturated heterocycles. The number of anilines is 1. The van der Waals surface area contributed by atoms with Gasteiger partial charge in [0.15, 0.2) is 0 Å². The zero-order valence-electron chi connectivity index (χ0n) is 10.9. The van der Waals surface area contributed by atoms with E-state index in [1.165, 1.54) is 0 Å². The first-order chi connectivity index (χ1) is 8.97. The highest BCUT2D eigenvalue weighted by atomic mass is 79.9. The number of unbranched alkanes of at least 4 members (excludes halogenated alkanes) is 1. The summed E-state index contributed by atoms with van der Waals surface area (Å²) in [6.07, 6.45) is 2.00. The molecular weight excluding hydrogens is 326 g/mol. The van der Waals surface area contributed by atoms with Crippen molar-refractivity contribution in [1.29, 1.82) is 0 Å². The van der Waals surface area contributed by atoms with Crippen molar-refractivity contribution < 1.29 is 4.79 Å². The first kappa shape index (κ1) is 15.9. The van der Waals surface area contributed by atoms with Crippen molar-refractivity contribution in [2.45, 2.75) is 19.8 Å². The normalized spacial score (nSPS) is 10.2. The number of thiocarbonyl (C=S) groups is 1. The van der Waals surface area contributed by atoms with Gasteiger partial charge in [-0.05, 0) is 34.5 Å². The van der Waals surface area contributed by atoms with Gasteiger partial charge >= 0.3 is 0 Å². The molecule has 0 fully saturated rings. The maximum absolute atomic E-state index is 11.2. The van der Waals surface area contributed by atoms with Crippen LogP contribution in [0.15, 0.2) is 22.7 Å². The quantitative estimate of drug-likeness (QED) is 0.744. The fourth-order valence-corrected chi connectivity index (χ4v) is 2.76. The molecule has 104 valence electrons. The van der Waals surface area contributed by atoms with Gasteiger partial charge in [0, 0.05) is 22.3 Å². The molecule has 1 aromatic carbocycles. The zero-order chi connectivity index (χ0) is 14.4. The molecule has 1 aromatic rings. The number of carbonyl (C=O) groups is 1. The number of benzene rings is 1. The largest absolute Gasteiger partial charge is 0.389 e. The van der Waals surface area contributed by atoms with E-state index in [0.717, 1.165) is 35.1 Å². The minimum absolute atomic E-state index is 0.159. The van der Waals surface area contributed by atoms with Crippen LogP contribution in [0, 0.1) is 0 Å². The predicted molar refractivity (Wildman–Crippen MR) is 86.3 cm³/mol. The van der Waals surface area contributed by atoms with Crippen LogP contribution in [0.5, 0.6) is 0 Å². The average molecular weight is 344 g/mol. The summed E-state index contributed by atoms with van der Waals surface area (Å²) in [5, 5.41) is 0. The maximum Gasteiger partial charge on any atom is 0.236 e. The lowest BCUT2D eigenvalue weighted by Crippen LogP contribution is -2.35. The molecule has 0 aromatic heterocycles. The lowest BCUT2D eigenvalue weighted by atomic mass is 10.1. The summed E-state index contributed by atoms with van der Waals surface area (Å²) in [7, 11) is 0. The molecule has 1 amide bonds. The monoisotopic (exact) mass is 343 g/mol. The van der Waals surface area contributed by atoms with Crippen molar-refractivity contribution in [2.24, 2.45) is 11.5 Å². The van der Waals surface area contributed by atoms with Crippen molar-refractivity contribution >= 4 is 44.7 Å². The van der Waals surface area contributed by atoms with Crippen molar-refractivity contribution in [3.8, 4) is 0 Å². The SMILES string of the molecule is CCCCN(CC(N)=O)c1cccc(Br)c1C(N)=S. The van der Waals surface area contributed by atoms with Gasteiger partial charge in [0.1, 0.15) is 4.99 Å². The van der Waals surface area contributed by atoms with Crippen LogP contribution >= 0.6 is 28.1 Å². The standard InChI is InChI=1S/C13H18BrN3OS/c1-2-3-7-17(8-11(15)18)10-6-4-5-9(14)12(10)13(16)19/h4-6H,2-3,7-8H2,1H3,(H2,15,18)(H2,16,19). The summed E-state index contributed by atoms with van der Waals surface area (Å²) in [6, 6.07) is 5.67. The number of halogens is 1. The highest BCUT2D eigenvalue weighted by Gasteiger charge is 2.16. The summed E-state index contributed by atoms with van der Waals surface area (Å²) < 4.78 is 0.823. The van der Waals surface area contributed by atoms with E-state index in [9.17, 15) is 4.79 Å². The third-order valence-corrected chi connectivity index (χ3v) is 3.57. The zero-order valence-corrected chi connectivity index (χ0v) is 13.3. The Morgan fingerprint density at radius 1 is 1.42 bits per heavy atom. The van der Waals surface area contributed by atoms with Gasteiger partial charge < -0.3 is 16.4 Å². The Kier molecular flexibility index (Phi) is 6.24. The maximum atomic E-state index is 11.2. The highest BCUT2D eigenvalue weighted by Crippen LogP contribution is 2.28. The van der Waals surface area contributed by atoms with E-state index < -0.39 is 0 Å². The fourth-order valence-electron chi connectivity index (χ4n) is 1.84. The topological polar surface area (TPSA) is 72.3 Å². The molecule has 19 heavy (non-hydrogen) atoms. The Hall–Kier alpha value is -1.14. The van der Waals surface area contributed by atoms with E-state index in [1.807, 2.05) is 23.1 Å². The molecule has 0 aliphatic heterocycles. The number of rotatable bonds is 7. The smallest absolute Gasteiger partial charge is 0.236 e. The Labute approximate surface area is 127 Å². The van der Waals surface area contributed by atoms with Gasteiger partial charge in [0.05, 0.1) is 6.54 Å². The summed E-state index contributed by atoms with van der Waals surface area (Å²) in [5.74, 6) is -0.370. The lowest BCUT2D eigenvalue weighted by Gasteiger charge is -2.26. The molecule has 4 nitrogen and oxygen atoms in total. The Balaban J connectivity index is 3.16. The highest BCUT2D eigenvalue weighted by molar-refractivity contribution is 9.10. The molecular formula is C13H18BrN3OS. The molecule has 0 aliphatic rings. The van der Waals surface area contributed by atoms with E-state index in [1.54, 1.807) is 0 Å². The van der Waals surface area contributed by atoms with E-state index in [4.69, 9.17) is 23.7 Å². The van der Waals surface area contributed by atoms with Gasteiger partial charge in [-0.25, -0.2) is 0 Å². The molecule has 0 unspecified atom stereocenters. The minimum Gasteiger partial charge on any atom is -0.389 e. The van der Waals surface area contributed by atoms with Crippen LogP contribution in [-0.4, -0.2) is 24.0 Å². The first-order valence-electron chi connectivity index (χ1n) is 6.09.